The molecule has 0 radical (unpaired) electrons. The Hall–Kier alpha value is -6.26. The number of rotatable bonds is 12. The number of carbonyl (C=O) groups excluding carboxylic acids is 2. The van der Waals surface area contributed by atoms with Gasteiger partial charge in [-0.25, -0.2) is 9.18 Å². The molecule has 4 rings (SSSR count). The van der Waals surface area contributed by atoms with E-state index >= 15 is 0 Å². The van der Waals surface area contributed by atoms with Crippen molar-refractivity contribution in [3.63, 3.8) is 0 Å². The van der Waals surface area contributed by atoms with Crippen LogP contribution < -0.4 is 43.9 Å². The van der Waals surface area contributed by atoms with Crippen molar-refractivity contribution in [2.24, 2.45) is 10.9 Å². The van der Waals surface area contributed by atoms with Crippen LogP contribution in [0.4, 0.5) is 15.8 Å². The number of aromatic carboxylic acids is 1. The Morgan fingerprint density at radius 3 is 2.26 bits per heavy atom. The number of aryl methyl sites for hydroxylation is 2. The minimum absolute atomic E-state index is 0.0602. The molecule has 0 saturated carbocycles. The van der Waals surface area contributed by atoms with Crippen LogP contribution in [-0.2, 0) is 6.42 Å². The number of carboxylic acid groups (broad SMARTS) is 1. The number of unbranched alkanes of at least 4 members (excludes halogenated alkanes) is 2. The molecule has 0 aliphatic rings. The van der Waals surface area contributed by atoms with Crippen molar-refractivity contribution in [3.8, 4) is 5.75 Å². The van der Waals surface area contributed by atoms with Crippen molar-refractivity contribution in [2.45, 2.75) is 32.6 Å². The largest absolute Gasteiger partial charge is 0.494 e. The van der Waals surface area contributed by atoms with Crippen molar-refractivity contribution >= 4 is 29.2 Å². The van der Waals surface area contributed by atoms with E-state index in [0.29, 0.717) is 42.1 Å². The Morgan fingerprint density at radius 2 is 1.61 bits per heavy atom. The monoisotopic (exact) mass is 633 g/mol. The highest BCUT2D eigenvalue weighted by molar-refractivity contribution is 6.06. The van der Waals surface area contributed by atoms with Gasteiger partial charge in [-0.3, -0.25) is 15.0 Å². The first-order chi connectivity index (χ1) is 22.0. The molecule has 2 heterocycles. The molecule has 17 heteroatoms. The van der Waals surface area contributed by atoms with Gasteiger partial charge in [0.15, 0.2) is 22.4 Å². The molecule has 46 heavy (non-hydrogen) atoms. The van der Waals surface area contributed by atoms with Gasteiger partial charge in [0.05, 0.1) is 17.9 Å². The number of nitrogens with one attached hydrogen (secondary N) is 3. The standard InChI is InChI=1S/C29H32FN11O5/c1-16-6-7-18(14-23(16)35-27(42)22-9-11-26(37-32)41(34)39-22)46-12-4-2-3-5-17-13-24(19(29(44)45)15-20(17)30)36-28(43)21-8-10-25(31)40(33)38-21/h6-11,13-15,31H,2-5,12,32-34H2,1H3,(H,35,42)(H,36,43)(H,44,45)/b31-25?,37-26-. The van der Waals surface area contributed by atoms with Crippen molar-refractivity contribution < 1.29 is 28.6 Å². The van der Waals surface area contributed by atoms with Gasteiger partial charge in [-0.2, -0.15) is 14.7 Å². The number of amides is 2. The number of ether oxygens (including phenoxy) is 1. The highest BCUT2D eigenvalue weighted by Crippen LogP contribution is 2.25. The first-order valence-corrected chi connectivity index (χ1v) is 13.9. The Labute approximate surface area is 260 Å². The Balaban J connectivity index is 1.31. The molecule has 0 spiro atoms. The molecule has 0 saturated heterocycles. The SMILES string of the molecule is Cc1ccc(OCCCCCc2cc(NC(=O)c3ccc(=N)n(N)n3)c(C(=O)O)cc2F)cc1NC(=O)c1cc/c(=N/N)n(N)n1. The summed E-state index contributed by atoms with van der Waals surface area (Å²) in [5, 5.41) is 33.4. The third kappa shape index (κ3) is 8.01. The van der Waals surface area contributed by atoms with Crippen LogP contribution in [0.1, 0.15) is 61.7 Å². The highest BCUT2D eigenvalue weighted by Gasteiger charge is 2.19. The van der Waals surface area contributed by atoms with Crippen LogP contribution in [0.15, 0.2) is 59.7 Å². The lowest BCUT2D eigenvalue weighted by molar-refractivity contribution is 0.0697. The van der Waals surface area contributed by atoms with E-state index in [2.05, 4.69) is 25.9 Å². The van der Waals surface area contributed by atoms with Gasteiger partial charge in [-0.15, -0.1) is 10.2 Å². The molecule has 4 aromatic rings. The number of hydrogen-bond donors (Lipinski definition) is 7. The second-order valence-corrected chi connectivity index (χ2v) is 10.0. The van der Waals surface area contributed by atoms with E-state index in [9.17, 15) is 23.9 Å². The van der Waals surface area contributed by atoms with E-state index in [-0.39, 0.29) is 40.0 Å². The van der Waals surface area contributed by atoms with Crippen LogP contribution in [-0.4, -0.2) is 49.3 Å². The predicted octanol–water partition coefficient (Wildman–Crippen LogP) is 1.20. The lowest BCUT2D eigenvalue weighted by atomic mass is 10.0. The number of anilines is 2. The number of carbonyl (C=O) groups is 3. The molecule has 2 amide bonds. The smallest absolute Gasteiger partial charge is 0.337 e. The molecule has 2 aromatic heterocycles. The second-order valence-electron chi connectivity index (χ2n) is 10.0. The normalized spacial score (nSPS) is 11.2. The van der Waals surface area contributed by atoms with Gasteiger partial charge in [0.1, 0.15) is 11.6 Å². The Bertz CT molecular complexity index is 1920. The minimum atomic E-state index is -1.42. The van der Waals surface area contributed by atoms with Gasteiger partial charge in [0, 0.05) is 11.8 Å². The summed E-state index contributed by atoms with van der Waals surface area (Å²) in [6.45, 7) is 2.18. The highest BCUT2D eigenvalue weighted by atomic mass is 19.1. The maximum absolute atomic E-state index is 14.8. The number of nitrogens with zero attached hydrogens (tertiary/aromatic N) is 5. The fourth-order valence-corrected chi connectivity index (χ4v) is 4.28. The van der Waals surface area contributed by atoms with E-state index in [1.807, 2.05) is 6.92 Å². The number of benzene rings is 2. The van der Waals surface area contributed by atoms with Crippen LogP contribution in [0.2, 0.25) is 0 Å². The Kier molecular flexibility index (Phi) is 10.3. The molecule has 2 aromatic carbocycles. The first-order valence-electron chi connectivity index (χ1n) is 13.9. The lowest BCUT2D eigenvalue weighted by Gasteiger charge is -2.13. The summed E-state index contributed by atoms with van der Waals surface area (Å²) in [5.41, 5.74) is 0.983. The van der Waals surface area contributed by atoms with Gasteiger partial charge in [0.2, 0.25) is 0 Å². The molecule has 0 fully saturated rings. The minimum Gasteiger partial charge on any atom is -0.494 e. The molecule has 240 valence electrons. The van der Waals surface area contributed by atoms with E-state index in [0.717, 1.165) is 16.4 Å². The van der Waals surface area contributed by atoms with E-state index in [4.69, 9.17) is 27.7 Å². The molecular formula is C29H32FN11O5. The van der Waals surface area contributed by atoms with Crippen LogP contribution in [0.25, 0.3) is 0 Å². The summed E-state index contributed by atoms with van der Waals surface area (Å²) in [4.78, 5) is 38.6. The van der Waals surface area contributed by atoms with E-state index < -0.39 is 29.2 Å². The van der Waals surface area contributed by atoms with Crippen LogP contribution in [0.5, 0.6) is 5.75 Å². The molecule has 0 bridgehead atoms. The fraction of sp³-hybridized carbons (Fsp3) is 0.207. The number of carboxylic acids is 1. The number of nitrogens with two attached hydrogens (primary N) is 3. The van der Waals surface area contributed by atoms with Gasteiger partial charge in [0.25, 0.3) is 11.8 Å². The zero-order valence-corrected chi connectivity index (χ0v) is 24.7. The number of nitrogen functional groups attached to an aromatic ring is 2. The van der Waals surface area contributed by atoms with Crippen molar-refractivity contribution in [1.29, 1.82) is 5.41 Å². The lowest BCUT2D eigenvalue weighted by Crippen LogP contribution is -2.33. The summed E-state index contributed by atoms with van der Waals surface area (Å²) in [6.07, 6.45) is 2.12. The van der Waals surface area contributed by atoms with Crippen LogP contribution in [0.3, 0.4) is 0 Å². The number of hydrogen-bond acceptors (Lipinski definition) is 11. The Morgan fingerprint density at radius 1 is 0.935 bits per heavy atom. The molecule has 0 unspecified atom stereocenters. The molecular weight excluding hydrogens is 601 g/mol. The van der Waals surface area contributed by atoms with E-state index in [1.54, 1.807) is 18.2 Å². The maximum Gasteiger partial charge on any atom is 0.337 e. The summed E-state index contributed by atoms with van der Waals surface area (Å²) in [5.74, 6) is 13.6. The van der Waals surface area contributed by atoms with Gasteiger partial charge in [-0.1, -0.05) is 6.07 Å². The quantitative estimate of drug-likeness (QED) is 0.0666. The average Bonchev–Trinajstić information content (AvgIpc) is 3.02. The topological polar surface area (TPSA) is 255 Å². The average molecular weight is 634 g/mol. The zero-order valence-electron chi connectivity index (χ0n) is 24.7. The summed E-state index contributed by atoms with van der Waals surface area (Å²) < 4.78 is 20.6. The van der Waals surface area contributed by atoms with Crippen molar-refractivity contribution in [3.05, 3.63) is 99.5 Å². The fourth-order valence-electron chi connectivity index (χ4n) is 4.28. The molecule has 0 atom stereocenters. The number of halogens is 1. The summed E-state index contributed by atoms with van der Waals surface area (Å²) in [7, 11) is 0. The summed E-state index contributed by atoms with van der Waals surface area (Å²) >= 11 is 0. The van der Waals surface area contributed by atoms with Crippen LogP contribution in [0, 0.1) is 18.2 Å². The van der Waals surface area contributed by atoms with Crippen LogP contribution >= 0.6 is 0 Å². The van der Waals surface area contributed by atoms with Crippen molar-refractivity contribution in [2.75, 3.05) is 28.9 Å². The molecule has 0 aliphatic heterocycles. The zero-order chi connectivity index (χ0) is 33.4. The first kappa shape index (κ1) is 32.6. The van der Waals surface area contributed by atoms with E-state index in [1.165, 1.54) is 30.3 Å². The van der Waals surface area contributed by atoms with Gasteiger partial charge >= 0.3 is 5.97 Å². The van der Waals surface area contributed by atoms with Crippen molar-refractivity contribution in [1.82, 2.24) is 19.8 Å². The third-order valence-corrected chi connectivity index (χ3v) is 6.78. The third-order valence-electron chi connectivity index (χ3n) is 6.78. The summed E-state index contributed by atoms with van der Waals surface area (Å²) in [6, 6.07) is 12.8. The number of aromatic nitrogens is 4. The molecule has 0 aliphatic carbocycles. The molecule has 16 nitrogen and oxygen atoms in total. The molecule has 10 N–H and O–H groups in total. The van der Waals surface area contributed by atoms with Gasteiger partial charge in [-0.05, 0) is 86.2 Å². The predicted molar refractivity (Wildman–Crippen MR) is 164 cm³/mol. The maximum atomic E-state index is 14.8. The second kappa shape index (κ2) is 14.5. The van der Waals surface area contributed by atoms with Gasteiger partial charge < -0.3 is 38.0 Å².